The van der Waals surface area contributed by atoms with Crippen molar-refractivity contribution in [2.45, 2.75) is 31.3 Å². The molecule has 0 radical (unpaired) electrons. The van der Waals surface area contributed by atoms with Gasteiger partial charge in [0.05, 0.1) is 0 Å². The average Bonchev–Trinajstić information content (AvgIpc) is 3.26. The van der Waals surface area contributed by atoms with Crippen molar-refractivity contribution in [3.8, 4) is 0 Å². The highest BCUT2D eigenvalue weighted by molar-refractivity contribution is 5.93. The Morgan fingerprint density at radius 2 is 1.70 bits per heavy atom. The topological polar surface area (TPSA) is 100 Å². The molecule has 2 N–H and O–H groups in total. The Balaban J connectivity index is 2.06. The van der Waals surface area contributed by atoms with Crippen LogP contribution >= 0.6 is 0 Å². The molecular weight excluding hydrogens is 319 g/mol. The van der Waals surface area contributed by atoms with Gasteiger partial charge in [0.2, 0.25) is 0 Å². The summed E-state index contributed by atoms with van der Waals surface area (Å²) in [7, 11) is 0. The van der Waals surface area contributed by atoms with E-state index in [9.17, 15) is 22.8 Å². The number of carboxylic acids is 1. The van der Waals surface area contributed by atoms with Crippen LogP contribution in [0.4, 0.5) is 13.2 Å². The van der Waals surface area contributed by atoms with E-state index in [-0.39, 0.29) is 11.1 Å². The number of amides is 1. The van der Waals surface area contributed by atoms with Crippen LogP contribution in [0.3, 0.4) is 0 Å². The van der Waals surface area contributed by atoms with Crippen molar-refractivity contribution in [1.82, 2.24) is 5.48 Å². The molecule has 0 fully saturated rings. The second-order valence-electron chi connectivity index (χ2n) is 5.30. The molecular formula is C13H12F3N3O4. The number of nitrogens with zero attached hydrogens (tertiary/aromatic N) is 2. The number of carboxylic acid groups (broad SMARTS) is 1. The summed E-state index contributed by atoms with van der Waals surface area (Å²) in [5, 5.41) is 14.9. The molecule has 0 saturated carbocycles. The smallest absolute Gasteiger partial charge is 0.442 e. The zero-order valence-corrected chi connectivity index (χ0v) is 12.0. The van der Waals surface area contributed by atoms with Gasteiger partial charge in [-0.25, -0.2) is 10.3 Å². The van der Waals surface area contributed by atoms with Gasteiger partial charge in [-0.2, -0.15) is 13.2 Å². The first-order valence-corrected chi connectivity index (χ1v) is 6.33. The summed E-state index contributed by atoms with van der Waals surface area (Å²) in [6.45, 7) is 2.45. The molecule has 2 rings (SSSR count). The van der Waals surface area contributed by atoms with Crippen LogP contribution in [-0.4, -0.2) is 28.8 Å². The number of halogens is 3. The monoisotopic (exact) mass is 331 g/mol. The fourth-order valence-corrected chi connectivity index (χ4v) is 1.57. The standard InChI is InChI=1S/C13H12F3N3O4/c1-11(2,10(21)22)23-17-9(20)7-3-5-8(6-4-7)12(18-19-12)13(14,15)16/h3-6H,1-2H3,(H,17,20)(H,21,22). The van der Waals surface area contributed by atoms with Crippen molar-refractivity contribution in [3.63, 3.8) is 0 Å². The number of hydrogen-bond donors (Lipinski definition) is 2. The molecule has 0 unspecified atom stereocenters. The minimum Gasteiger partial charge on any atom is -0.479 e. The number of carbonyl (C=O) groups excluding carboxylic acids is 1. The molecule has 23 heavy (non-hydrogen) atoms. The van der Waals surface area contributed by atoms with E-state index in [4.69, 9.17) is 9.94 Å². The molecule has 1 amide bonds. The average molecular weight is 331 g/mol. The quantitative estimate of drug-likeness (QED) is 0.809. The van der Waals surface area contributed by atoms with Crippen LogP contribution in [0, 0.1) is 0 Å². The highest BCUT2D eigenvalue weighted by Gasteiger charge is 2.65. The molecule has 7 nitrogen and oxygen atoms in total. The maximum atomic E-state index is 12.8. The molecule has 0 aliphatic carbocycles. The van der Waals surface area contributed by atoms with Crippen molar-refractivity contribution in [2.75, 3.05) is 0 Å². The van der Waals surface area contributed by atoms with Crippen molar-refractivity contribution >= 4 is 11.9 Å². The fourth-order valence-electron chi connectivity index (χ4n) is 1.57. The van der Waals surface area contributed by atoms with Crippen molar-refractivity contribution in [2.24, 2.45) is 10.2 Å². The number of carbonyl (C=O) groups is 2. The van der Waals surface area contributed by atoms with Crippen LogP contribution in [0.5, 0.6) is 0 Å². The Bertz CT molecular complexity index is 662. The molecule has 0 atom stereocenters. The highest BCUT2D eigenvalue weighted by Crippen LogP contribution is 2.52. The van der Waals surface area contributed by atoms with Gasteiger partial charge >= 0.3 is 17.8 Å². The lowest BCUT2D eigenvalue weighted by Crippen LogP contribution is -2.42. The van der Waals surface area contributed by atoms with E-state index in [2.05, 4.69) is 10.2 Å². The Morgan fingerprint density at radius 1 is 1.17 bits per heavy atom. The summed E-state index contributed by atoms with van der Waals surface area (Å²) in [6.07, 6.45) is -4.65. The van der Waals surface area contributed by atoms with Crippen LogP contribution in [0.15, 0.2) is 34.5 Å². The molecule has 1 aromatic rings. The molecule has 1 aliphatic rings. The number of nitrogens with one attached hydrogen (secondary N) is 1. The Kier molecular flexibility index (Phi) is 3.89. The molecule has 124 valence electrons. The molecule has 0 spiro atoms. The van der Waals surface area contributed by atoms with Crippen LogP contribution in [0.1, 0.15) is 29.8 Å². The Labute approximate surface area is 128 Å². The van der Waals surface area contributed by atoms with Crippen LogP contribution in [-0.2, 0) is 15.3 Å². The first-order valence-electron chi connectivity index (χ1n) is 6.33. The van der Waals surface area contributed by atoms with Gasteiger partial charge in [0.15, 0.2) is 5.60 Å². The normalized spacial score (nSPS) is 16.0. The van der Waals surface area contributed by atoms with Crippen LogP contribution in [0.2, 0.25) is 0 Å². The number of alkyl halides is 3. The first-order chi connectivity index (χ1) is 10.5. The van der Waals surface area contributed by atoms with Gasteiger partial charge in [0.25, 0.3) is 5.91 Å². The van der Waals surface area contributed by atoms with Crippen molar-refractivity contribution in [3.05, 3.63) is 35.4 Å². The molecule has 1 aromatic carbocycles. The number of hydrogen-bond acceptors (Lipinski definition) is 5. The van der Waals surface area contributed by atoms with E-state index in [0.29, 0.717) is 0 Å². The summed E-state index contributed by atoms with van der Waals surface area (Å²) in [4.78, 5) is 27.4. The third-order valence-corrected chi connectivity index (χ3v) is 3.16. The zero-order chi connectivity index (χ0) is 17.5. The van der Waals surface area contributed by atoms with E-state index < -0.39 is 29.3 Å². The largest absolute Gasteiger partial charge is 0.479 e. The third-order valence-electron chi connectivity index (χ3n) is 3.16. The van der Waals surface area contributed by atoms with Crippen LogP contribution < -0.4 is 5.48 Å². The second-order valence-corrected chi connectivity index (χ2v) is 5.30. The SMILES string of the molecule is CC(C)(ONC(=O)c1ccc(C2(C(F)(F)F)N=N2)cc1)C(=O)O. The van der Waals surface area contributed by atoms with Crippen molar-refractivity contribution in [1.29, 1.82) is 0 Å². The number of hydroxylamine groups is 1. The zero-order valence-electron chi connectivity index (χ0n) is 12.0. The lowest BCUT2D eigenvalue weighted by atomic mass is 10.0. The minimum absolute atomic E-state index is 0.00656. The molecule has 0 aromatic heterocycles. The number of aliphatic carboxylic acids is 1. The summed E-state index contributed by atoms with van der Waals surface area (Å²) in [6, 6.07) is 4.42. The van der Waals surface area contributed by atoms with Crippen LogP contribution in [0.25, 0.3) is 0 Å². The van der Waals surface area contributed by atoms with Gasteiger partial charge < -0.3 is 5.11 Å². The Hall–Kier alpha value is -2.49. The number of benzene rings is 1. The third kappa shape index (κ3) is 3.16. The predicted molar refractivity (Wildman–Crippen MR) is 69.3 cm³/mol. The number of rotatable bonds is 5. The lowest BCUT2D eigenvalue weighted by molar-refractivity contribution is -0.167. The lowest BCUT2D eigenvalue weighted by Gasteiger charge is -2.19. The van der Waals surface area contributed by atoms with E-state index >= 15 is 0 Å². The maximum Gasteiger partial charge on any atom is 0.442 e. The molecule has 1 aliphatic heterocycles. The first kappa shape index (κ1) is 16.9. The van der Waals surface area contributed by atoms with Gasteiger partial charge in [-0.15, -0.1) is 10.2 Å². The fraction of sp³-hybridized carbons (Fsp3) is 0.385. The highest BCUT2D eigenvalue weighted by atomic mass is 19.4. The molecule has 1 heterocycles. The van der Waals surface area contributed by atoms with Gasteiger partial charge in [-0.1, -0.05) is 12.1 Å². The predicted octanol–water partition coefficient (Wildman–Crippen LogP) is 2.39. The summed E-state index contributed by atoms with van der Waals surface area (Å²) >= 11 is 0. The Morgan fingerprint density at radius 3 is 2.09 bits per heavy atom. The van der Waals surface area contributed by atoms with E-state index in [1.165, 1.54) is 13.8 Å². The van der Waals surface area contributed by atoms with Gasteiger partial charge in [-0.3, -0.25) is 9.63 Å². The summed E-state index contributed by atoms with van der Waals surface area (Å²) in [5.74, 6) is -2.09. The molecule has 10 heteroatoms. The molecule has 0 bridgehead atoms. The van der Waals surface area contributed by atoms with Gasteiger partial charge in [0.1, 0.15) is 0 Å². The van der Waals surface area contributed by atoms with E-state index in [0.717, 1.165) is 24.3 Å². The van der Waals surface area contributed by atoms with Gasteiger partial charge in [-0.05, 0) is 26.0 Å². The van der Waals surface area contributed by atoms with E-state index in [1.807, 2.05) is 5.48 Å². The minimum atomic E-state index is -4.65. The van der Waals surface area contributed by atoms with Gasteiger partial charge in [0, 0.05) is 11.1 Å². The van der Waals surface area contributed by atoms with E-state index in [1.54, 1.807) is 0 Å². The maximum absolute atomic E-state index is 12.8. The molecule has 0 saturated heterocycles. The second kappa shape index (κ2) is 5.30. The van der Waals surface area contributed by atoms with Crippen molar-refractivity contribution < 1.29 is 32.7 Å². The summed E-state index contributed by atoms with van der Waals surface area (Å²) < 4.78 is 38.5. The summed E-state index contributed by atoms with van der Waals surface area (Å²) in [5.41, 5.74) is -2.49.